The molecule has 2 heterocycles. The molecule has 0 radical (unpaired) electrons. The third-order valence-electron chi connectivity index (χ3n) is 3.80. The first kappa shape index (κ1) is 14.4. The molecular formula is C18H12ClNO2S. The monoisotopic (exact) mass is 341 g/mol. The summed E-state index contributed by atoms with van der Waals surface area (Å²) in [6, 6.07) is 15.0. The minimum absolute atomic E-state index is 0.162. The van der Waals surface area contributed by atoms with Gasteiger partial charge in [0.2, 0.25) is 5.56 Å². The van der Waals surface area contributed by atoms with Gasteiger partial charge in [0.1, 0.15) is 5.58 Å². The molecule has 4 rings (SSSR count). The first-order valence-corrected chi connectivity index (χ1v) is 8.65. The molecule has 4 aromatic rings. The van der Waals surface area contributed by atoms with Crippen LogP contribution in [0.25, 0.3) is 33.2 Å². The van der Waals surface area contributed by atoms with Crippen LogP contribution in [0.1, 0.15) is 0 Å². The molecular weight excluding hydrogens is 330 g/mol. The quantitative estimate of drug-likeness (QED) is 0.502. The lowest BCUT2D eigenvalue weighted by atomic mass is 10.1. The van der Waals surface area contributed by atoms with Crippen molar-refractivity contribution in [3.8, 4) is 11.1 Å². The Labute approximate surface area is 141 Å². The third-order valence-corrected chi connectivity index (χ3v) is 4.76. The van der Waals surface area contributed by atoms with Gasteiger partial charge in [0.25, 0.3) is 0 Å². The first-order valence-electron chi connectivity index (χ1n) is 7.05. The summed E-state index contributed by atoms with van der Waals surface area (Å²) in [5.41, 5.74) is 3.63. The number of nitrogens with one attached hydrogen (secondary N) is 1. The van der Waals surface area contributed by atoms with Gasteiger partial charge in [-0.25, -0.2) is 0 Å². The Morgan fingerprint density at radius 3 is 2.83 bits per heavy atom. The maximum Gasteiger partial charge on any atom is 0.249 e. The van der Waals surface area contributed by atoms with Crippen LogP contribution in [0.15, 0.2) is 62.6 Å². The van der Waals surface area contributed by atoms with Gasteiger partial charge >= 0.3 is 0 Å². The van der Waals surface area contributed by atoms with Gasteiger partial charge in [0.15, 0.2) is 5.58 Å². The molecule has 0 aliphatic heterocycles. The fourth-order valence-corrected chi connectivity index (χ4v) is 3.38. The fourth-order valence-electron chi connectivity index (χ4n) is 2.74. The molecule has 0 spiro atoms. The van der Waals surface area contributed by atoms with Crippen molar-refractivity contribution in [2.24, 2.45) is 0 Å². The van der Waals surface area contributed by atoms with E-state index in [9.17, 15) is 4.79 Å². The molecule has 0 atom stereocenters. The molecule has 114 valence electrons. The maximum atomic E-state index is 12.1. The number of aromatic nitrogens is 1. The first-order chi connectivity index (χ1) is 11.2. The molecule has 0 amide bonds. The lowest BCUT2D eigenvalue weighted by Gasteiger charge is -2.04. The summed E-state index contributed by atoms with van der Waals surface area (Å²) in [6.45, 7) is 0. The molecule has 2 aromatic carbocycles. The van der Waals surface area contributed by atoms with E-state index in [4.69, 9.17) is 16.0 Å². The Hall–Kier alpha value is -2.17. The van der Waals surface area contributed by atoms with Gasteiger partial charge in [0, 0.05) is 26.9 Å². The zero-order valence-corrected chi connectivity index (χ0v) is 13.8. The molecule has 1 N–H and O–H groups in total. The van der Waals surface area contributed by atoms with Crippen LogP contribution in [0.5, 0.6) is 0 Å². The topological polar surface area (TPSA) is 46.0 Å². The summed E-state index contributed by atoms with van der Waals surface area (Å²) >= 11 is 7.74. The summed E-state index contributed by atoms with van der Waals surface area (Å²) in [4.78, 5) is 16.1. The number of furan rings is 1. The van der Waals surface area contributed by atoms with Crippen molar-refractivity contribution in [1.82, 2.24) is 4.98 Å². The van der Waals surface area contributed by atoms with Crippen LogP contribution >= 0.6 is 23.4 Å². The number of halogens is 1. The highest BCUT2D eigenvalue weighted by atomic mass is 35.5. The average molecular weight is 342 g/mol. The standard InChI is InChI=1S/C18H12ClNO2S/c1-23-12-4-2-3-10(7-12)13-9-16(21)20-17-14-8-11(19)5-6-15(14)22-18(13)17/h2-9H,1H3,(H,20,21). The average Bonchev–Trinajstić information content (AvgIpc) is 2.92. The number of aromatic amines is 1. The Balaban J connectivity index is 2.10. The number of benzene rings is 2. The number of H-pyrrole nitrogens is 1. The number of thioether (sulfide) groups is 1. The molecule has 0 saturated heterocycles. The minimum Gasteiger partial charge on any atom is -0.454 e. The van der Waals surface area contributed by atoms with Gasteiger partial charge in [-0.15, -0.1) is 11.8 Å². The Morgan fingerprint density at radius 2 is 2.00 bits per heavy atom. The minimum atomic E-state index is -0.162. The lowest BCUT2D eigenvalue weighted by Crippen LogP contribution is -2.03. The SMILES string of the molecule is CSc1cccc(-c2cc(=O)[nH]c3c2oc2ccc(Cl)cc23)c1. The third kappa shape index (κ3) is 2.44. The normalized spacial score (nSPS) is 11.4. The summed E-state index contributed by atoms with van der Waals surface area (Å²) in [6.07, 6.45) is 2.02. The van der Waals surface area contributed by atoms with Crippen LogP contribution in [-0.2, 0) is 0 Å². The lowest BCUT2D eigenvalue weighted by molar-refractivity contribution is 0.669. The van der Waals surface area contributed by atoms with Crippen LogP contribution in [0.2, 0.25) is 5.02 Å². The predicted octanol–water partition coefficient (Wildman–Crippen LogP) is 5.32. The van der Waals surface area contributed by atoms with Crippen LogP contribution in [-0.4, -0.2) is 11.2 Å². The van der Waals surface area contributed by atoms with E-state index in [2.05, 4.69) is 11.1 Å². The van der Waals surface area contributed by atoms with E-state index in [1.807, 2.05) is 30.5 Å². The van der Waals surface area contributed by atoms with Crippen molar-refractivity contribution in [2.75, 3.05) is 6.26 Å². The number of hydrogen-bond donors (Lipinski definition) is 1. The fraction of sp³-hybridized carbons (Fsp3) is 0.0556. The highest BCUT2D eigenvalue weighted by Gasteiger charge is 2.14. The summed E-state index contributed by atoms with van der Waals surface area (Å²) in [5, 5.41) is 1.42. The van der Waals surface area contributed by atoms with Crippen LogP contribution < -0.4 is 5.56 Å². The highest BCUT2D eigenvalue weighted by Crippen LogP contribution is 2.35. The van der Waals surface area contributed by atoms with Crippen molar-refractivity contribution >= 4 is 45.4 Å². The van der Waals surface area contributed by atoms with Gasteiger partial charge in [-0.2, -0.15) is 0 Å². The van der Waals surface area contributed by atoms with Gasteiger partial charge in [0.05, 0.1) is 5.52 Å². The number of fused-ring (bicyclic) bond motifs is 3. The van der Waals surface area contributed by atoms with Crippen molar-refractivity contribution in [1.29, 1.82) is 0 Å². The molecule has 0 aliphatic rings. The van der Waals surface area contributed by atoms with Gasteiger partial charge in [-0.3, -0.25) is 4.79 Å². The van der Waals surface area contributed by atoms with Crippen molar-refractivity contribution in [3.63, 3.8) is 0 Å². The second-order valence-corrected chi connectivity index (χ2v) is 6.54. The van der Waals surface area contributed by atoms with Gasteiger partial charge in [-0.05, 0) is 42.2 Å². The molecule has 3 nitrogen and oxygen atoms in total. The van der Waals surface area contributed by atoms with Crippen LogP contribution in [0.3, 0.4) is 0 Å². The predicted molar refractivity (Wildman–Crippen MR) is 96.6 cm³/mol. The number of rotatable bonds is 2. The molecule has 0 unspecified atom stereocenters. The molecule has 0 saturated carbocycles. The molecule has 0 bridgehead atoms. The maximum absolute atomic E-state index is 12.1. The van der Waals surface area contributed by atoms with E-state index in [1.165, 1.54) is 0 Å². The Morgan fingerprint density at radius 1 is 1.13 bits per heavy atom. The Kier molecular flexibility index (Phi) is 3.43. The van der Waals surface area contributed by atoms with Crippen LogP contribution in [0, 0.1) is 0 Å². The number of pyridine rings is 1. The molecule has 23 heavy (non-hydrogen) atoms. The Bertz CT molecular complexity index is 1100. The second-order valence-electron chi connectivity index (χ2n) is 5.23. The van der Waals surface area contributed by atoms with Crippen molar-refractivity contribution in [2.45, 2.75) is 4.90 Å². The van der Waals surface area contributed by atoms with E-state index in [-0.39, 0.29) is 5.56 Å². The van der Waals surface area contributed by atoms with Crippen molar-refractivity contribution in [3.05, 3.63) is 63.9 Å². The smallest absolute Gasteiger partial charge is 0.249 e. The second kappa shape index (κ2) is 5.48. The highest BCUT2D eigenvalue weighted by molar-refractivity contribution is 7.98. The van der Waals surface area contributed by atoms with E-state index in [1.54, 1.807) is 30.0 Å². The zero-order chi connectivity index (χ0) is 16.0. The number of hydrogen-bond acceptors (Lipinski definition) is 3. The largest absolute Gasteiger partial charge is 0.454 e. The van der Waals surface area contributed by atoms with Gasteiger partial charge < -0.3 is 9.40 Å². The zero-order valence-electron chi connectivity index (χ0n) is 12.2. The molecule has 0 fully saturated rings. The van der Waals surface area contributed by atoms with E-state index in [0.29, 0.717) is 21.7 Å². The van der Waals surface area contributed by atoms with Gasteiger partial charge in [-0.1, -0.05) is 23.7 Å². The molecule has 5 heteroatoms. The summed E-state index contributed by atoms with van der Waals surface area (Å²) in [5.74, 6) is 0. The van der Waals surface area contributed by atoms with Crippen LogP contribution in [0.4, 0.5) is 0 Å². The van der Waals surface area contributed by atoms with E-state index >= 15 is 0 Å². The van der Waals surface area contributed by atoms with E-state index < -0.39 is 0 Å². The van der Waals surface area contributed by atoms with Crippen molar-refractivity contribution < 1.29 is 4.42 Å². The molecule has 0 aliphatic carbocycles. The molecule has 2 aromatic heterocycles. The summed E-state index contributed by atoms with van der Waals surface area (Å²) < 4.78 is 5.99. The van der Waals surface area contributed by atoms with E-state index in [0.717, 1.165) is 21.4 Å². The summed E-state index contributed by atoms with van der Waals surface area (Å²) in [7, 11) is 0.